The molecule has 1 unspecified atom stereocenters. The van der Waals surface area contributed by atoms with Crippen molar-refractivity contribution >= 4 is 0 Å². The van der Waals surface area contributed by atoms with Gasteiger partial charge in [-0.3, -0.25) is 0 Å². The van der Waals surface area contributed by atoms with Gasteiger partial charge in [-0.05, 0) is 29.5 Å². The van der Waals surface area contributed by atoms with E-state index in [4.69, 9.17) is 10.5 Å². The van der Waals surface area contributed by atoms with Crippen molar-refractivity contribution in [3.8, 4) is 12.1 Å². The quantitative estimate of drug-likeness (QED) is 0.749. The van der Waals surface area contributed by atoms with E-state index in [1.807, 2.05) is 18.2 Å². The Bertz CT molecular complexity index is 421. The van der Waals surface area contributed by atoms with Gasteiger partial charge in [0.05, 0.1) is 24.1 Å². The van der Waals surface area contributed by atoms with Gasteiger partial charge in [0.1, 0.15) is 0 Å². The minimum absolute atomic E-state index is 0.337. The van der Waals surface area contributed by atoms with E-state index in [1.165, 1.54) is 0 Å². The molecule has 0 amide bonds. The van der Waals surface area contributed by atoms with Crippen LogP contribution in [0.15, 0.2) is 18.2 Å². The molecule has 0 spiro atoms. The molecule has 1 rings (SSSR count). The Morgan fingerprint density at radius 2 is 2.07 bits per heavy atom. The van der Waals surface area contributed by atoms with Crippen molar-refractivity contribution in [1.82, 2.24) is 0 Å². The molecule has 0 aliphatic heterocycles. The van der Waals surface area contributed by atoms with E-state index in [2.05, 4.69) is 26.0 Å². The topological polar surface area (TPSA) is 47.6 Å². The van der Waals surface area contributed by atoms with Crippen LogP contribution < -0.4 is 0 Å². The summed E-state index contributed by atoms with van der Waals surface area (Å²) in [6, 6.07) is 9.95. The van der Waals surface area contributed by atoms with Gasteiger partial charge in [0.25, 0.3) is 0 Å². The van der Waals surface area contributed by atoms with E-state index < -0.39 is 0 Å². The van der Waals surface area contributed by atoms with Crippen molar-refractivity contribution in [2.45, 2.75) is 32.6 Å². The number of hydrogen-bond donors (Lipinski definition) is 0. The zero-order valence-electron chi connectivity index (χ0n) is 9.12. The molecule has 0 fully saturated rings. The summed E-state index contributed by atoms with van der Waals surface area (Å²) in [5.74, 6) is 0.337. The number of benzene rings is 1. The maximum atomic E-state index is 9.02. The summed E-state index contributed by atoms with van der Waals surface area (Å²) in [5.41, 5.74) is 2.74. The molecule has 1 atom stereocenters. The first-order chi connectivity index (χ1) is 7.24. The maximum Gasteiger partial charge on any atom is 0.0994 e. The van der Waals surface area contributed by atoms with E-state index in [0.717, 1.165) is 17.5 Å². The zero-order valence-corrected chi connectivity index (χ0v) is 9.12. The lowest BCUT2D eigenvalue weighted by molar-refractivity contribution is 0.723. The van der Waals surface area contributed by atoms with Gasteiger partial charge in [0, 0.05) is 0 Å². The Balaban J connectivity index is 3.29. The number of hydrogen-bond acceptors (Lipinski definition) is 2. The highest BCUT2D eigenvalue weighted by atomic mass is 14.3. The van der Waals surface area contributed by atoms with Crippen LogP contribution in [0.5, 0.6) is 0 Å². The second-order valence-corrected chi connectivity index (χ2v) is 3.63. The van der Waals surface area contributed by atoms with Crippen LogP contribution in [-0.4, -0.2) is 0 Å². The Labute approximate surface area is 90.8 Å². The molecular formula is C13H14N2. The molecule has 0 bridgehead atoms. The molecule has 2 nitrogen and oxygen atoms in total. The lowest BCUT2D eigenvalue weighted by atomic mass is 9.88. The summed E-state index contributed by atoms with van der Waals surface area (Å²) in [5, 5.41) is 17.8. The van der Waals surface area contributed by atoms with Crippen molar-refractivity contribution in [2.75, 3.05) is 0 Å². The van der Waals surface area contributed by atoms with Crippen molar-refractivity contribution in [3.63, 3.8) is 0 Å². The minimum Gasteiger partial charge on any atom is -0.198 e. The predicted molar refractivity (Wildman–Crippen MR) is 59.2 cm³/mol. The summed E-state index contributed by atoms with van der Waals surface area (Å²) in [6.45, 7) is 4.19. The number of nitrogens with zero attached hydrogens (tertiary/aromatic N) is 2. The van der Waals surface area contributed by atoms with Gasteiger partial charge in [-0.25, -0.2) is 0 Å². The SMILES string of the molecule is CCC(C)c1c(C#N)cccc1CC#N. The van der Waals surface area contributed by atoms with E-state index in [0.29, 0.717) is 17.9 Å². The number of nitriles is 2. The fourth-order valence-corrected chi connectivity index (χ4v) is 1.74. The van der Waals surface area contributed by atoms with Crippen molar-refractivity contribution in [2.24, 2.45) is 0 Å². The average molecular weight is 198 g/mol. The standard InChI is InChI=1S/C13H14N2/c1-3-10(2)13-11(7-8-14)5-4-6-12(13)9-15/h4-6,10H,3,7H2,1-2H3. The average Bonchev–Trinajstić information content (AvgIpc) is 2.28. The van der Waals surface area contributed by atoms with Gasteiger partial charge in [0.15, 0.2) is 0 Å². The Morgan fingerprint density at radius 3 is 2.60 bits per heavy atom. The Kier molecular flexibility index (Phi) is 3.89. The van der Waals surface area contributed by atoms with Crippen LogP contribution in [0.4, 0.5) is 0 Å². The first-order valence-corrected chi connectivity index (χ1v) is 5.13. The molecule has 76 valence electrons. The van der Waals surface area contributed by atoms with Crippen molar-refractivity contribution in [3.05, 3.63) is 34.9 Å². The third-order valence-electron chi connectivity index (χ3n) is 2.69. The molecule has 1 aromatic carbocycles. The van der Waals surface area contributed by atoms with E-state index in [1.54, 1.807) is 0 Å². The first-order valence-electron chi connectivity index (χ1n) is 5.13. The summed E-state index contributed by atoms with van der Waals surface area (Å²) >= 11 is 0. The van der Waals surface area contributed by atoms with Crippen LogP contribution in [-0.2, 0) is 6.42 Å². The van der Waals surface area contributed by atoms with Gasteiger partial charge < -0.3 is 0 Å². The molecule has 0 heterocycles. The van der Waals surface area contributed by atoms with E-state index >= 15 is 0 Å². The molecule has 0 radical (unpaired) electrons. The van der Waals surface area contributed by atoms with Crippen LogP contribution in [0, 0.1) is 22.7 Å². The Morgan fingerprint density at radius 1 is 1.33 bits per heavy atom. The highest BCUT2D eigenvalue weighted by molar-refractivity contribution is 5.45. The first kappa shape index (κ1) is 11.3. The predicted octanol–water partition coefficient (Wildman–Crippen LogP) is 3.14. The molecule has 1 aromatic rings. The van der Waals surface area contributed by atoms with Crippen LogP contribution in [0.3, 0.4) is 0 Å². The third-order valence-corrected chi connectivity index (χ3v) is 2.69. The monoisotopic (exact) mass is 198 g/mol. The second-order valence-electron chi connectivity index (χ2n) is 3.63. The molecule has 0 aromatic heterocycles. The van der Waals surface area contributed by atoms with Crippen LogP contribution in [0.2, 0.25) is 0 Å². The summed E-state index contributed by atoms with van der Waals surface area (Å²) in [4.78, 5) is 0. The minimum atomic E-state index is 0.337. The van der Waals surface area contributed by atoms with Gasteiger partial charge in [-0.15, -0.1) is 0 Å². The lowest BCUT2D eigenvalue weighted by Gasteiger charge is -2.14. The smallest absolute Gasteiger partial charge is 0.0994 e. The van der Waals surface area contributed by atoms with E-state index in [9.17, 15) is 0 Å². The molecule has 0 aliphatic rings. The summed E-state index contributed by atoms with van der Waals surface area (Å²) in [7, 11) is 0. The molecule has 2 heteroatoms. The summed E-state index contributed by atoms with van der Waals surface area (Å²) < 4.78 is 0. The molecule has 0 saturated carbocycles. The maximum absolute atomic E-state index is 9.02. The summed E-state index contributed by atoms with van der Waals surface area (Å²) in [6.07, 6.45) is 1.37. The number of rotatable bonds is 3. The third kappa shape index (κ3) is 2.36. The Hall–Kier alpha value is -1.80. The normalized spacial score (nSPS) is 11.5. The van der Waals surface area contributed by atoms with Crippen LogP contribution in [0.25, 0.3) is 0 Å². The van der Waals surface area contributed by atoms with Gasteiger partial charge in [0.2, 0.25) is 0 Å². The van der Waals surface area contributed by atoms with Gasteiger partial charge in [-0.2, -0.15) is 10.5 Å². The zero-order chi connectivity index (χ0) is 11.3. The van der Waals surface area contributed by atoms with Gasteiger partial charge in [-0.1, -0.05) is 26.0 Å². The second kappa shape index (κ2) is 5.17. The highest BCUT2D eigenvalue weighted by Gasteiger charge is 2.13. The molecular weight excluding hydrogens is 184 g/mol. The molecule has 0 saturated heterocycles. The highest BCUT2D eigenvalue weighted by Crippen LogP contribution is 2.26. The molecule has 15 heavy (non-hydrogen) atoms. The molecule has 0 N–H and O–H groups in total. The van der Waals surface area contributed by atoms with Crippen LogP contribution in [0.1, 0.15) is 42.9 Å². The van der Waals surface area contributed by atoms with Crippen LogP contribution >= 0.6 is 0 Å². The fourth-order valence-electron chi connectivity index (χ4n) is 1.74. The van der Waals surface area contributed by atoms with Crippen molar-refractivity contribution in [1.29, 1.82) is 10.5 Å². The lowest BCUT2D eigenvalue weighted by Crippen LogP contribution is -2.01. The van der Waals surface area contributed by atoms with Gasteiger partial charge >= 0.3 is 0 Å². The fraction of sp³-hybridized carbons (Fsp3) is 0.385. The largest absolute Gasteiger partial charge is 0.198 e. The van der Waals surface area contributed by atoms with Crippen molar-refractivity contribution < 1.29 is 0 Å². The van der Waals surface area contributed by atoms with E-state index in [-0.39, 0.29) is 0 Å². The molecule has 0 aliphatic carbocycles.